The molecule has 0 unspecified atom stereocenters. The number of nitro groups is 1. The van der Waals surface area contributed by atoms with Crippen LogP contribution in [0.4, 0.5) is 11.4 Å². The summed E-state index contributed by atoms with van der Waals surface area (Å²) >= 11 is 0. The Labute approximate surface area is 158 Å². The summed E-state index contributed by atoms with van der Waals surface area (Å²) < 4.78 is 5.55. The van der Waals surface area contributed by atoms with E-state index in [2.05, 4.69) is 11.8 Å². The molecule has 0 spiro atoms. The minimum Gasteiger partial charge on any atom is -0.464 e. The van der Waals surface area contributed by atoms with Gasteiger partial charge in [-0.3, -0.25) is 14.9 Å². The van der Waals surface area contributed by atoms with E-state index in [0.29, 0.717) is 23.8 Å². The highest BCUT2D eigenvalue weighted by Gasteiger charge is 2.25. The van der Waals surface area contributed by atoms with E-state index < -0.39 is 4.92 Å². The van der Waals surface area contributed by atoms with E-state index in [1.807, 2.05) is 19.1 Å². The van der Waals surface area contributed by atoms with Crippen molar-refractivity contribution in [3.05, 3.63) is 57.5 Å². The van der Waals surface area contributed by atoms with Gasteiger partial charge in [-0.25, -0.2) is 0 Å². The van der Waals surface area contributed by atoms with Crippen LogP contribution in [0, 0.1) is 23.0 Å². The third kappa shape index (κ3) is 4.30. The molecule has 3 rings (SSSR count). The van der Waals surface area contributed by atoms with Crippen LogP contribution in [0.2, 0.25) is 0 Å². The number of aryl methyl sites for hydroxylation is 1. The maximum Gasteiger partial charge on any atom is 0.270 e. The largest absolute Gasteiger partial charge is 0.464 e. The molecule has 0 saturated carbocycles. The number of hydrogen-bond acceptors (Lipinski definition) is 5. The Morgan fingerprint density at radius 1 is 1.30 bits per heavy atom. The van der Waals surface area contributed by atoms with Crippen molar-refractivity contribution in [1.29, 1.82) is 0 Å². The number of carbonyl (C=O) groups is 1. The Kier molecular flexibility index (Phi) is 5.48. The van der Waals surface area contributed by atoms with Crippen molar-refractivity contribution < 1.29 is 14.1 Å². The van der Waals surface area contributed by atoms with Gasteiger partial charge in [-0.2, -0.15) is 0 Å². The molecular weight excluding hydrogens is 346 g/mol. The third-order valence-electron chi connectivity index (χ3n) is 5.08. The summed E-state index contributed by atoms with van der Waals surface area (Å²) in [6.07, 6.45) is 2.10. The maximum atomic E-state index is 13.1. The number of non-ortho nitro benzene ring substituents is 1. The number of rotatable bonds is 5. The third-order valence-corrected chi connectivity index (χ3v) is 5.08. The first-order chi connectivity index (χ1) is 12.8. The van der Waals surface area contributed by atoms with Crippen molar-refractivity contribution in [2.24, 2.45) is 5.92 Å². The molecule has 1 saturated heterocycles. The fourth-order valence-corrected chi connectivity index (χ4v) is 3.42. The van der Waals surface area contributed by atoms with Gasteiger partial charge >= 0.3 is 0 Å². The predicted molar refractivity (Wildman–Crippen MR) is 103 cm³/mol. The number of benzene rings is 1. The Hall–Kier alpha value is -2.83. The van der Waals surface area contributed by atoms with Crippen molar-refractivity contribution in [3.8, 4) is 0 Å². The molecule has 27 heavy (non-hydrogen) atoms. The van der Waals surface area contributed by atoms with Crippen molar-refractivity contribution in [1.82, 2.24) is 4.90 Å². The molecule has 1 fully saturated rings. The van der Waals surface area contributed by atoms with E-state index in [0.717, 1.165) is 37.4 Å². The number of amides is 1. The molecule has 0 atom stereocenters. The summed E-state index contributed by atoms with van der Waals surface area (Å²) in [4.78, 5) is 27.5. The van der Waals surface area contributed by atoms with Crippen LogP contribution >= 0.6 is 0 Å². The minimum atomic E-state index is -0.464. The lowest BCUT2D eigenvalue weighted by atomic mass is 9.97. The second-order valence-electron chi connectivity index (χ2n) is 7.30. The zero-order valence-corrected chi connectivity index (χ0v) is 16.0. The van der Waals surface area contributed by atoms with E-state index in [-0.39, 0.29) is 11.6 Å². The van der Waals surface area contributed by atoms with E-state index in [1.54, 1.807) is 13.1 Å². The quantitative estimate of drug-likeness (QED) is 0.586. The molecule has 1 aliphatic rings. The van der Waals surface area contributed by atoms with Gasteiger partial charge in [-0.1, -0.05) is 6.92 Å². The van der Waals surface area contributed by atoms with Gasteiger partial charge in [0.2, 0.25) is 0 Å². The average Bonchev–Trinajstić information content (AvgIpc) is 3.06. The summed E-state index contributed by atoms with van der Waals surface area (Å²) in [5.41, 5.74) is 1.05. The Balaban J connectivity index is 1.89. The molecule has 1 aromatic heterocycles. The summed E-state index contributed by atoms with van der Waals surface area (Å²) in [7, 11) is 1.68. The summed E-state index contributed by atoms with van der Waals surface area (Å²) in [6, 6.07) is 8.24. The number of carbonyl (C=O) groups excluding carboxylic acids is 1. The normalized spacial score (nSPS) is 15.0. The highest BCUT2D eigenvalue weighted by Crippen LogP contribution is 2.30. The van der Waals surface area contributed by atoms with Gasteiger partial charge in [-0.05, 0) is 43.9 Å². The molecule has 0 N–H and O–H groups in total. The number of nitrogens with zero attached hydrogens (tertiary/aromatic N) is 3. The van der Waals surface area contributed by atoms with Crippen LogP contribution in [-0.2, 0) is 6.54 Å². The van der Waals surface area contributed by atoms with Gasteiger partial charge in [0, 0.05) is 32.3 Å². The number of piperidine rings is 1. The van der Waals surface area contributed by atoms with Gasteiger partial charge in [-0.15, -0.1) is 0 Å². The first kappa shape index (κ1) is 18.9. The lowest BCUT2D eigenvalue weighted by Gasteiger charge is -2.33. The SMILES string of the molecule is Cc1ccc(CN(C)C(=O)c2cc([N+](=O)[O-])ccc2N2CCC(C)CC2)o1. The van der Waals surface area contributed by atoms with Crippen LogP contribution in [0.1, 0.15) is 41.6 Å². The van der Waals surface area contributed by atoms with Gasteiger partial charge in [0.15, 0.2) is 0 Å². The molecule has 0 bridgehead atoms. The highest BCUT2D eigenvalue weighted by molar-refractivity contribution is 6.00. The molecular formula is C20H25N3O4. The maximum absolute atomic E-state index is 13.1. The molecule has 1 amide bonds. The van der Waals surface area contributed by atoms with Crippen LogP contribution in [0.25, 0.3) is 0 Å². The smallest absolute Gasteiger partial charge is 0.270 e. The molecule has 2 heterocycles. The number of furan rings is 1. The molecule has 7 heteroatoms. The van der Waals surface area contributed by atoms with Crippen molar-refractivity contribution in [2.45, 2.75) is 33.2 Å². The standard InChI is InChI=1S/C20H25N3O4/c1-14-8-10-22(11-9-14)19-7-5-16(23(25)26)12-18(19)20(24)21(3)13-17-6-4-15(2)27-17/h4-7,12,14H,8-11,13H2,1-3H3. The zero-order chi connectivity index (χ0) is 19.6. The van der Waals surface area contributed by atoms with E-state index in [1.165, 1.54) is 17.0 Å². The Bertz CT molecular complexity index is 838. The first-order valence-electron chi connectivity index (χ1n) is 9.19. The molecule has 0 radical (unpaired) electrons. The van der Waals surface area contributed by atoms with Crippen molar-refractivity contribution in [2.75, 3.05) is 25.0 Å². The van der Waals surface area contributed by atoms with Crippen molar-refractivity contribution >= 4 is 17.3 Å². The fraction of sp³-hybridized carbons (Fsp3) is 0.450. The first-order valence-corrected chi connectivity index (χ1v) is 9.19. The van der Waals surface area contributed by atoms with Gasteiger partial charge in [0.25, 0.3) is 11.6 Å². The number of anilines is 1. The molecule has 2 aromatic rings. The van der Waals surface area contributed by atoms with E-state index >= 15 is 0 Å². The van der Waals surface area contributed by atoms with Crippen LogP contribution in [0.15, 0.2) is 34.7 Å². The van der Waals surface area contributed by atoms with Gasteiger partial charge in [0.1, 0.15) is 11.5 Å². The molecule has 0 aliphatic carbocycles. The van der Waals surface area contributed by atoms with Crippen LogP contribution in [0.5, 0.6) is 0 Å². The summed E-state index contributed by atoms with van der Waals surface area (Å²) in [5.74, 6) is 1.87. The second kappa shape index (κ2) is 7.82. The lowest BCUT2D eigenvalue weighted by molar-refractivity contribution is -0.384. The number of nitro benzene ring substituents is 1. The zero-order valence-electron chi connectivity index (χ0n) is 16.0. The average molecular weight is 371 g/mol. The van der Waals surface area contributed by atoms with E-state index in [4.69, 9.17) is 4.42 Å². The van der Waals surface area contributed by atoms with Crippen LogP contribution in [-0.4, -0.2) is 35.9 Å². The van der Waals surface area contributed by atoms with Crippen molar-refractivity contribution in [3.63, 3.8) is 0 Å². The Morgan fingerprint density at radius 2 is 2.00 bits per heavy atom. The monoisotopic (exact) mass is 371 g/mol. The molecule has 1 aromatic carbocycles. The summed E-state index contributed by atoms with van der Waals surface area (Å²) in [5, 5.41) is 11.2. The minimum absolute atomic E-state index is 0.0743. The predicted octanol–water partition coefficient (Wildman–Crippen LogP) is 4.00. The molecule has 7 nitrogen and oxygen atoms in total. The van der Waals surface area contributed by atoms with E-state index in [9.17, 15) is 14.9 Å². The Morgan fingerprint density at radius 3 is 2.59 bits per heavy atom. The molecule has 144 valence electrons. The van der Waals surface area contributed by atoms with Crippen LogP contribution < -0.4 is 4.90 Å². The van der Waals surface area contributed by atoms with Gasteiger partial charge < -0.3 is 14.2 Å². The number of hydrogen-bond donors (Lipinski definition) is 0. The second-order valence-corrected chi connectivity index (χ2v) is 7.30. The fourth-order valence-electron chi connectivity index (χ4n) is 3.42. The lowest BCUT2D eigenvalue weighted by Crippen LogP contribution is -2.35. The summed E-state index contributed by atoms with van der Waals surface area (Å²) in [6.45, 7) is 6.08. The topological polar surface area (TPSA) is 79.8 Å². The van der Waals surface area contributed by atoms with Gasteiger partial charge in [0.05, 0.1) is 22.7 Å². The molecule has 1 aliphatic heterocycles. The highest BCUT2D eigenvalue weighted by atomic mass is 16.6. The van der Waals surface area contributed by atoms with Crippen LogP contribution in [0.3, 0.4) is 0 Å².